The van der Waals surface area contributed by atoms with Crippen LogP contribution in [0.3, 0.4) is 0 Å². The molecule has 0 spiro atoms. The van der Waals surface area contributed by atoms with E-state index in [1.54, 1.807) is 0 Å². The molecule has 0 radical (unpaired) electrons. The van der Waals surface area contributed by atoms with Crippen LogP contribution in [-0.4, -0.2) is 9.55 Å². The number of imidazole rings is 1. The summed E-state index contributed by atoms with van der Waals surface area (Å²) in [6.45, 7) is 2.16. The third kappa shape index (κ3) is 3.91. The molecule has 4 nitrogen and oxygen atoms in total. The molecule has 222 valence electrons. The normalized spacial score (nSPS) is 12.0. The molecule has 0 bridgehead atoms. The molecule has 3 aromatic heterocycles. The Kier molecular flexibility index (Phi) is 5.52. The van der Waals surface area contributed by atoms with Gasteiger partial charge in [-0.25, -0.2) is 4.98 Å². The van der Waals surface area contributed by atoms with Gasteiger partial charge in [0, 0.05) is 33.7 Å². The number of fused-ring (bicyclic) bond motifs is 8. The summed E-state index contributed by atoms with van der Waals surface area (Å²) >= 11 is 0. The average Bonchev–Trinajstić information content (AvgIpc) is 3.81. The molecular formula is C43H28N2O2. The molecule has 0 saturated heterocycles. The smallest absolute Gasteiger partial charge is 0.147 e. The first-order valence-corrected chi connectivity index (χ1v) is 16.1. The Morgan fingerprint density at radius 1 is 0.532 bits per heavy atom. The molecule has 0 aliphatic carbocycles. The van der Waals surface area contributed by atoms with Crippen LogP contribution in [0.2, 0.25) is 0 Å². The SMILES string of the molecule is CCc1nc2ccccc2n1-c1cccc(-c2ccc3cc(-c4c5oc6ccccc6c5cc5c4oc4ccccc45)ccc3c2)c1. The fourth-order valence-electron chi connectivity index (χ4n) is 7.30. The summed E-state index contributed by atoms with van der Waals surface area (Å²) in [5.41, 5.74) is 11.1. The lowest BCUT2D eigenvalue weighted by atomic mass is 9.95. The Balaban J connectivity index is 1.13. The number of rotatable bonds is 4. The van der Waals surface area contributed by atoms with Crippen LogP contribution in [0.4, 0.5) is 0 Å². The molecule has 7 aromatic carbocycles. The first kappa shape index (κ1) is 26.1. The van der Waals surface area contributed by atoms with E-state index < -0.39 is 0 Å². The van der Waals surface area contributed by atoms with E-state index in [1.807, 2.05) is 30.3 Å². The molecule has 0 fully saturated rings. The summed E-state index contributed by atoms with van der Waals surface area (Å²) in [4.78, 5) is 4.90. The van der Waals surface area contributed by atoms with Crippen molar-refractivity contribution in [2.75, 3.05) is 0 Å². The second-order valence-corrected chi connectivity index (χ2v) is 12.2. The fraction of sp³-hybridized carbons (Fsp3) is 0.0465. The molecular weight excluding hydrogens is 576 g/mol. The minimum atomic E-state index is 0.851. The zero-order chi connectivity index (χ0) is 31.1. The van der Waals surface area contributed by atoms with Crippen molar-refractivity contribution in [1.82, 2.24) is 9.55 Å². The lowest BCUT2D eigenvalue weighted by Crippen LogP contribution is -2.00. The highest BCUT2D eigenvalue weighted by Crippen LogP contribution is 2.45. The number of aromatic nitrogens is 2. The van der Waals surface area contributed by atoms with Crippen LogP contribution in [0.15, 0.2) is 148 Å². The number of aryl methyl sites for hydroxylation is 1. The molecule has 47 heavy (non-hydrogen) atoms. The zero-order valence-electron chi connectivity index (χ0n) is 25.7. The van der Waals surface area contributed by atoms with Crippen LogP contribution in [0, 0.1) is 0 Å². The molecule has 0 unspecified atom stereocenters. The van der Waals surface area contributed by atoms with Gasteiger partial charge in [0.2, 0.25) is 0 Å². The van der Waals surface area contributed by atoms with Crippen molar-refractivity contribution in [2.24, 2.45) is 0 Å². The number of nitrogens with zero attached hydrogens (tertiary/aromatic N) is 2. The zero-order valence-corrected chi connectivity index (χ0v) is 25.7. The van der Waals surface area contributed by atoms with Crippen LogP contribution in [0.1, 0.15) is 12.7 Å². The van der Waals surface area contributed by atoms with Crippen LogP contribution < -0.4 is 0 Å². The minimum Gasteiger partial charge on any atom is -0.455 e. The number of benzene rings is 7. The van der Waals surface area contributed by atoms with Gasteiger partial charge in [-0.1, -0.05) is 91.9 Å². The van der Waals surface area contributed by atoms with Gasteiger partial charge in [-0.15, -0.1) is 0 Å². The second-order valence-electron chi connectivity index (χ2n) is 12.2. The predicted octanol–water partition coefficient (Wildman–Crippen LogP) is 11.9. The second kappa shape index (κ2) is 9.93. The van der Waals surface area contributed by atoms with Crippen molar-refractivity contribution >= 4 is 65.7 Å². The maximum absolute atomic E-state index is 6.55. The Labute approximate surface area is 270 Å². The number of hydrogen-bond acceptors (Lipinski definition) is 3. The van der Waals surface area contributed by atoms with Gasteiger partial charge in [-0.05, 0) is 82.1 Å². The molecule has 0 atom stereocenters. The van der Waals surface area contributed by atoms with Crippen molar-refractivity contribution in [3.63, 3.8) is 0 Å². The van der Waals surface area contributed by atoms with Crippen LogP contribution in [-0.2, 0) is 6.42 Å². The van der Waals surface area contributed by atoms with Crippen LogP contribution in [0.25, 0.3) is 93.6 Å². The highest BCUT2D eigenvalue weighted by atomic mass is 16.3. The Hall–Kier alpha value is -6.13. The molecule has 3 heterocycles. The van der Waals surface area contributed by atoms with E-state index in [9.17, 15) is 0 Å². The highest BCUT2D eigenvalue weighted by Gasteiger charge is 2.21. The van der Waals surface area contributed by atoms with Gasteiger partial charge in [0.05, 0.1) is 16.6 Å². The molecule has 0 aliphatic heterocycles. The Morgan fingerprint density at radius 3 is 1.87 bits per heavy atom. The quantitative estimate of drug-likeness (QED) is 0.201. The summed E-state index contributed by atoms with van der Waals surface area (Å²) in [5.74, 6) is 1.06. The third-order valence-corrected chi connectivity index (χ3v) is 9.52. The Bertz CT molecular complexity index is 2760. The van der Waals surface area contributed by atoms with E-state index in [1.165, 1.54) is 16.5 Å². The van der Waals surface area contributed by atoms with Gasteiger partial charge >= 0.3 is 0 Å². The van der Waals surface area contributed by atoms with Gasteiger partial charge in [-0.3, -0.25) is 4.57 Å². The first-order valence-electron chi connectivity index (χ1n) is 16.1. The summed E-state index contributed by atoms with van der Waals surface area (Å²) in [5, 5.41) is 6.76. The van der Waals surface area contributed by atoms with Crippen LogP contribution >= 0.6 is 0 Å². The van der Waals surface area contributed by atoms with Gasteiger partial charge in [0.1, 0.15) is 28.2 Å². The van der Waals surface area contributed by atoms with Gasteiger partial charge in [-0.2, -0.15) is 0 Å². The summed E-state index contributed by atoms with van der Waals surface area (Å²) in [6.07, 6.45) is 0.860. The third-order valence-electron chi connectivity index (χ3n) is 9.52. The summed E-state index contributed by atoms with van der Waals surface area (Å²) in [6, 6.07) is 49.2. The number of para-hydroxylation sites is 4. The van der Waals surface area contributed by atoms with Gasteiger partial charge < -0.3 is 8.83 Å². The number of hydrogen-bond donors (Lipinski definition) is 0. The molecule has 4 heteroatoms. The van der Waals surface area contributed by atoms with E-state index in [2.05, 4.69) is 121 Å². The molecule has 0 N–H and O–H groups in total. The average molecular weight is 605 g/mol. The van der Waals surface area contributed by atoms with E-state index in [0.29, 0.717) is 0 Å². The van der Waals surface area contributed by atoms with Crippen molar-refractivity contribution in [1.29, 1.82) is 0 Å². The van der Waals surface area contributed by atoms with Gasteiger partial charge in [0.15, 0.2) is 0 Å². The molecule has 10 aromatic rings. The van der Waals surface area contributed by atoms with E-state index in [-0.39, 0.29) is 0 Å². The molecule has 0 aliphatic rings. The fourth-order valence-corrected chi connectivity index (χ4v) is 7.30. The van der Waals surface area contributed by atoms with E-state index in [0.717, 1.165) is 89.4 Å². The van der Waals surface area contributed by atoms with Crippen molar-refractivity contribution in [3.8, 4) is 27.9 Å². The summed E-state index contributed by atoms with van der Waals surface area (Å²) in [7, 11) is 0. The van der Waals surface area contributed by atoms with Gasteiger partial charge in [0.25, 0.3) is 0 Å². The maximum Gasteiger partial charge on any atom is 0.147 e. The lowest BCUT2D eigenvalue weighted by Gasteiger charge is -2.12. The minimum absolute atomic E-state index is 0.851. The lowest BCUT2D eigenvalue weighted by molar-refractivity contribution is 0.658. The van der Waals surface area contributed by atoms with E-state index >= 15 is 0 Å². The van der Waals surface area contributed by atoms with Crippen molar-refractivity contribution in [3.05, 3.63) is 145 Å². The maximum atomic E-state index is 6.55. The largest absolute Gasteiger partial charge is 0.455 e. The standard InChI is InChI=1S/C43H28N2O2/c1-2-40-44-36-14-5-6-15-37(36)45(40)31-11-9-10-26(24-31)27-18-19-29-23-30(21-20-28(29)22-27)41-42-34(32-12-3-7-16-38(32)46-42)25-35-33-13-4-8-17-39(33)47-43(35)41/h3-25H,2H2,1H3. The number of furan rings is 2. The highest BCUT2D eigenvalue weighted by molar-refractivity contribution is 6.22. The van der Waals surface area contributed by atoms with Crippen molar-refractivity contribution < 1.29 is 8.83 Å². The monoisotopic (exact) mass is 604 g/mol. The Morgan fingerprint density at radius 2 is 1.15 bits per heavy atom. The van der Waals surface area contributed by atoms with Crippen LogP contribution in [0.5, 0.6) is 0 Å². The first-order chi connectivity index (χ1) is 23.2. The molecule has 0 saturated carbocycles. The topological polar surface area (TPSA) is 44.1 Å². The predicted molar refractivity (Wildman–Crippen MR) is 193 cm³/mol. The van der Waals surface area contributed by atoms with E-state index in [4.69, 9.17) is 13.8 Å². The molecule has 10 rings (SSSR count). The molecule has 0 amide bonds. The van der Waals surface area contributed by atoms with Crippen molar-refractivity contribution in [2.45, 2.75) is 13.3 Å². The summed E-state index contributed by atoms with van der Waals surface area (Å²) < 4.78 is 15.4.